The highest BCUT2D eigenvalue weighted by molar-refractivity contribution is 9.10. The Bertz CT molecular complexity index is 652. The van der Waals surface area contributed by atoms with Crippen LogP contribution in [0.2, 0.25) is 5.15 Å². The minimum absolute atomic E-state index is 0.0933. The minimum atomic E-state index is -0.823. The molecule has 0 atom stereocenters. The number of nitrogens with zero attached hydrogens (tertiary/aromatic N) is 1. The van der Waals surface area contributed by atoms with Gasteiger partial charge in [0.1, 0.15) is 11.6 Å². The molecule has 2 N–H and O–H groups in total. The van der Waals surface area contributed by atoms with E-state index in [0.717, 1.165) is 6.07 Å². The molecule has 1 aromatic carbocycles. The fourth-order valence-corrected chi connectivity index (χ4v) is 1.87. The van der Waals surface area contributed by atoms with Crippen molar-refractivity contribution in [1.82, 2.24) is 4.98 Å². The molecule has 0 fully saturated rings. The first-order valence-corrected chi connectivity index (χ1v) is 6.25. The van der Waals surface area contributed by atoms with Crippen LogP contribution in [0.3, 0.4) is 0 Å². The number of aromatic nitrogens is 1. The molecular weight excluding hydrogens is 338 g/mol. The van der Waals surface area contributed by atoms with E-state index in [1.165, 1.54) is 18.3 Å². The summed E-state index contributed by atoms with van der Waals surface area (Å²) in [5.41, 5.74) is 0.0577. The smallest absolute Gasteiger partial charge is 0.258 e. The Morgan fingerprint density at radius 1 is 1.42 bits per heavy atom. The number of nitrogens with one attached hydrogen (secondary N) is 1. The highest BCUT2D eigenvalue weighted by Gasteiger charge is 2.14. The molecule has 2 rings (SSSR count). The number of phenols is 1. The third-order valence-corrected chi connectivity index (χ3v) is 2.99. The first-order chi connectivity index (χ1) is 8.97. The number of benzene rings is 1. The molecule has 4 nitrogen and oxygen atoms in total. The van der Waals surface area contributed by atoms with Gasteiger partial charge in [-0.25, -0.2) is 9.37 Å². The van der Waals surface area contributed by atoms with Crippen LogP contribution >= 0.6 is 27.5 Å². The molecule has 0 aliphatic heterocycles. The quantitative estimate of drug-likeness (QED) is 0.818. The normalized spacial score (nSPS) is 10.3. The van der Waals surface area contributed by atoms with Gasteiger partial charge in [-0.2, -0.15) is 0 Å². The summed E-state index contributed by atoms with van der Waals surface area (Å²) in [7, 11) is 0. The molecule has 1 amide bonds. The van der Waals surface area contributed by atoms with E-state index in [2.05, 4.69) is 26.2 Å². The average molecular weight is 346 g/mol. The van der Waals surface area contributed by atoms with E-state index in [1.54, 1.807) is 6.07 Å². The lowest BCUT2D eigenvalue weighted by atomic mass is 10.2. The molecule has 1 aromatic heterocycles. The minimum Gasteiger partial charge on any atom is -0.508 e. The number of hydrogen-bond acceptors (Lipinski definition) is 3. The van der Waals surface area contributed by atoms with Crippen molar-refractivity contribution in [1.29, 1.82) is 0 Å². The molecule has 19 heavy (non-hydrogen) atoms. The van der Waals surface area contributed by atoms with Crippen molar-refractivity contribution in [3.8, 4) is 5.75 Å². The molecular formula is C12H7BrClFN2O2. The number of phenolic OH excluding ortho intramolecular Hbond substituents is 1. The van der Waals surface area contributed by atoms with E-state index in [-0.39, 0.29) is 22.2 Å². The van der Waals surface area contributed by atoms with Gasteiger partial charge >= 0.3 is 0 Å². The Hall–Kier alpha value is -1.66. The Kier molecular flexibility index (Phi) is 4.01. The summed E-state index contributed by atoms with van der Waals surface area (Å²) in [6.07, 6.45) is 1.47. The van der Waals surface area contributed by atoms with Gasteiger partial charge in [0, 0.05) is 16.7 Å². The van der Waals surface area contributed by atoms with E-state index in [9.17, 15) is 9.18 Å². The van der Waals surface area contributed by atoms with Crippen LogP contribution in [0.1, 0.15) is 10.4 Å². The van der Waals surface area contributed by atoms with E-state index in [0.29, 0.717) is 4.47 Å². The number of anilines is 1. The topological polar surface area (TPSA) is 62.2 Å². The Labute approximate surface area is 121 Å². The maximum absolute atomic E-state index is 13.5. The first-order valence-electron chi connectivity index (χ1n) is 5.08. The summed E-state index contributed by atoms with van der Waals surface area (Å²) in [4.78, 5) is 15.7. The Balaban J connectivity index is 2.28. The molecule has 98 valence electrons. The van der Waals surface area contributed by atoms with Gasteiger partial charge in [0.15, 0.2) is 5.15 Å². The monoisotopic (exact) mass is 344 g/mol. The molecule has 0 aliphatic carbocycles. The average Bonchev–Trinajstić information content (AvgIpc) is 2.33. The lowest BCUT2D eigenvalue weighted by Gasteiger charge is -2.08. The van der Waals surface area contributed by atoms with Gasteiger partial charge in [-0.1, -0.05) is 11.6 Å². The molecule has 0 spiro atoms. The standard InChI is InChI=1S/C12H7BrClFN2O2/c13-6-3-10(11(14)16-5-6)17-12(19)8-2-1-7(18)4-9(8)15/h1-5,18H,(H,17,19). The molecule has 2 aromatic rings. The summed E-state index contributed by atoms with van der Waals surface area (Å²) in [5.74, 6) is -1.76. The SMILES string of the molecule is O=C(Nc1cc(Br)cnc1Cl)c1ccc(O)cc1F. The van der Waals surface area contributed by atoms with Crippen molar-refractivity contribution in [2.45, 2.75) is 0 Å². The van der Waals surface area contributed by atoms with Crippen molar-refractivity contribution in [3.63, 3.8) is 0 Å². The van der Waals surface area contributed by atoms with Crippen LogP contribution in [0.4, 0.5) is 10.1 Å². The summed E-state index contributed by atoms with van der Waals surface area (Å²) in [6.45, 7) is 0. The second-order valence-corrected chi connectivity index (χ2v) is 4.88. The van der Waals surface area contributed by atoms with Crippen molar-refractivity contribution < 1.29 is 14.3 Å². The van der Waals surface area contributed by atoms with E-state index in [4.69, 9.17) is 16.7 Å². The number of carbonyl (C=O) groups excluding carboxylic acids is 1. The highest BCUT2D eigenvalue weighted by atomic mass is 79.9. The van der Waals surface area contributed by atoms with Gasteiger partial charge < -0.3 is 10.4 Å². The highest BCUT2D eigenvalue weighted by Crippen LogP contribution is 2.24. The maximum Gasteiger partial charge on any atom is 0.258 e. The number of amides is 1. The van der Waals surface area contributed by atoms with Gasteiger partial charge in [-0.15, -0.1) is 0 Å². The lowest BCUT2D eigenvalue weighted by Crippen LogP contribution is -2.14. The van der Waals surface area contributed by atoms with Crippen LogP contribution in [-0.2, 0) is 0 Å². The number of hydrogen-bond donors (Lipinski definition) is 2. The predicted octanol–water partition coefficient (Wildman–Crippen LogP) is 3.59. The van der Waals surface area contributed by atoms with Gasteiger partial charge in [0.2, 0.25) is 0 Å². The zero-order chi connectivity index (χ0) is 14.0. The molecule has 0 saturated carbocycles. The fourth-order valence-electron chi connectivity index (χ4n) is 1.39. The third kappa shape index (κ3) is 3.21. The summed E-state index contributed by atoms with van der Waals surface area (Å²) < 4.78 is 14.1. The van der Waals surface area contributed by atoms with Crippen molar-refractivity contribution in [2.24, 2.45) is 0 Å². The number of carbonyl (C=O) groups is 1. The fraction of sp³-hybridized carbons (Fsp3) is 0. The summed E-state index contributed by atoms with van der Waals surface area (Å²) >= 11 is 9.00. The second-order valence-electron chi connectivity index (χ2n) is 3.61. The summed E-state index contributed by atoms with van der Waals surface area (Å²) in [6, 6.07) is 4.80. The lowest BCUT2D eigenvalue weighted by molar-refractivity contribution is 0.102. The number of halogens is 3. The van der Waals surface area contributed by atoms with Crippen LogP contribution in [0.25, 0.3) is 0 Å². The van der Waals surface area contributed by atoms with E-state index >= 15 is 0 Å². The van der Waals surface area contributed by atoms with E-state index in [1.807, 2.05) is 0 Å². The van der Waals surface area contributed by atoms with Crippen LogP contribution in [0.15, 0.2) is 34.9 Å². The van der Waals surface area contributed by atoms with E-state index < -0.39 is 11.7 Å². The zero-order valence-electron chi connectivity index (χ0n) is 9.32. The van der Waals surface area contributed by atoms with Gasteiger partial charge in [-0.05, 0) is 34.1 Å². The number of pyridine rings is 1. The Morgan fingerprint density at radius 3 is 2.84 bits per heavy atom. The van der Waals surface area contributed by atoms with Crippen LogP contribution in [0.5, 0.6) is 5.75 Å². The predicted molar refractivity (Wildman–Crippen MR) is 73.0 cm³/mol. The third-order valence-electron chi connectivity index (χ3n) is 2.25. The molecule has 0 unspecified atom stereocenters. The Morgan fingerprint density at radius 2 is 2.16 bits per heavy atom. The second kappa shape index (κ2) is 5.54. The first kappa shape index (κ1) is 13.8. The molecule has 0 radical (unpaired) electrons. The summed E-state index contributed by atoms with van der Waals surface area (Å²) in [5, 5.41) is 11.6. The van der Waals surface area contributed by atoms with Crippen molar-refractivity contribution >= 4 is 39.1 Å². The molecule has 7 heteroatoms. The van der Waals surface area contributed by atoms with Gasteiger partial charge in [0.05, 0.1) is 11.3 Å². The molecule has 0 bridgehead atoms. The zero-order valence-corrected chi connectivity index (χ0v) is 11.7. The van der Waals surface area contributed by atoms with Gasteiger partial charge in [0.25, 0.3) is 5.91 Å². The van der Waals surface area contributed by atoms with Crippen LogP contribution in [-0.4, -0.2) is 16.0 Å². The molecule has 0 aliphatic rings. The van der Waals surface area contributed by atoms with Crippen LogP contribution in [0, 0.1) is 5.82 Å². The maximum atomic E-state index is 13.5. The van der Waals surface area contributed by atoms with Crippen molar-refractivity contribution in [2.75, 3.05) is 5.32 Å². The largest absolute Gasteiger partial charge is 0.508 e. The number of aromatic hydroxyl groups is 1. The van der Waals surface area contributed by atoms with Crippen LogP contribution < -0.4 is 5.32 Å². The molecule has 0 saturated heterocycles. The number of rotatable bonds is 2. The van der Waals surface area contributed by atoms with Gasteiger partial charge in [-0.3, -0.25) is 4.79 Å². The molecule has 1 heterocycles. The van der Waals surface area contributed by atoms with Crippen molar-refractivity contribution in [3.05, 3.63) is 51.5 Å².